The highest BCUT2D eigenvalue weighted by Crippen LogP contribution is 2.02. The summed E-state index contributed by atoms with van der Waals surface area (Å²) in [6, 6.07) is 0.470. The van der Waals surface area contributed by atoms with Gasteiger partial charge in [-0.25, -0.2) is 0 Å². The Labute approximate surface area is 98.3 Å². The lowest BCUT2D eigenvalue weighted by molar-refractivity contribution is -0.135. The van der Waals surface area contributed by atoms with Crippen LogP contribution < -0.4 is 5.32 Å². The van der Waals surface area contributed by atoms with E-state index in [9.17, 15) is 4.79 Å². The standard InChI is InChI=1S/C12H24N2O2/c1-10(2)11(3)13-5-4-12(15)14-6-8-16-9-7-14/h10-11,13H,4-9H2,1-3H3. The summed E-state index contributed by atoms with van der Waals surface area (Å²) >= 11 is 0. The molecule has 1 fully saturated rings. The molecule has 1 amide bonds. The van der Waals surface area contributed by atoms with Gasteiger partial charge in [0.25, 0.3) is 0 Å². The molecule has 0 aromatic rings. The Hall–Kier alpha value is -0.610. The number of carbonyl (C=O) groups excluding carboxylic acids is 1. The molecular formula is C12H24N2O2. The highest BCUT2D eigenvalue weighted by molar-refractivity contribution is 5.76. The lowest BCUT2D eigenvalue weighted by atomic mass is 10.1. The zero-order valence-corrected chi connectivity index (χ0v) is 10.7. The molecule has 0 aromatic carbocycles. The summed E-state index contributed by atoms with van der Waals surface area (Å²) in [6.07, 6.45) is 0.594. The van der Waals surface area contributed by atoms with Crippen molar-refractivity contribution in [3.63, 3.8) is 0 Å². The van der Waals surface area contributed by atoms with Crippen molar-refractivity contribution in [2.24, 2.45) is 5.92 Å². The van der Waals surface area contributed by atoms with E-state index in [-0.39, 0.29) is 5.91 Å². The number of nitrogens with zero attached hydrogens (tertiary/aromatic N) is 1. The van der Waals surface area contributed by atoms with Gasteiger partial charge in [0.1, 0.15) is 0 Å². The van der Waals surface area contributed by atoms with Crippen molar-refractivity contribution in [2.45, 2.75) is 33.2 Å². The van der Waals surface area contributed by atoms with E-state index in [0.717, 1.165) is 19.6 Å². The van der Waals surface area contributed by atoms with Gasteiger partial charge >= 0.3 is 0 Å². The van der Waals surface area contributed by atoms with Gasteiger partial charge in [-0.05, 0) is 12.8 Å². The highest BCUT2D eigenvalue weighted by Gasteiger charge is 2.16. The van der Waals surface area contributed by atoms with Crippen LogP contribution >= 0.6 is 0 Å². The van der Waals surface area contributed by atoms with Gasteiger partial charge in [-0.2, -0.15) is 0 Å². The Morgan fingerprint density at radius 1 is 1.31 bits per heavy atom. The Bertz CT molecular complexity index is 213. The zero-order valence-electron chi connectivity index (χ0n) is 10.7. The molecule has 1 heterocycles. The second-order valence-corrected chi connectivity index (χ2v) is 4.73. The van der Waals surface area contributed by atoms with Crippen LogP contribution in [0.2, 0.25) is 0 Å². The quantitative estimate of drug-likeness (QED) is 0.759. The molecule has 4 nitrogen and oxygen atoms in total. The predicted octanol–water partition coefficient (Wildman–Crippen LogP) is 0.869. The van der Waals surface area contributed by atoms with Gasteiger partial charge in [-0.1, -0.05) is 13.8 Å². The first-order valence-corrected chi connectivity index (χ1v) is 6.20. The molecule has 1 aliphatic heterocycles. The minimum atomic E-state index is 0.242. The lowest BCUT2D eigenvalue weighted by Crippen LogP contribution is -2.42. The van der Waals surface area contributed by atoms with E-state index < -0.39 is 0 Å². The highest BCUT2D eigenvalue weighted by atomic mass is 16.5. The Balaban J connectivity index is 2.14. The molecule has 1 saturated heterocycles. The van der Waals surface area contributed by atoms with Crippen LogP contribution in [-0.2, 0) is 9.53 Å². The SMILES string of the molecule is CC(C)C(C)NCCC(=O)N1CCOCC1. The average molecular weight is 228 g/mol. The summed E-state index contributed by atoms with van der Waals surface area (Å²) in [4.78, 5) is 13.7. The molecule has 0 aliphatic carbocycles. The molecule has 0 radical (unpaired) electrons. The van der Waals surface area contributed by atoms with Crippen LogP contribution in [0.3, 0.4) is 0 Å². The molecule has 16 heavy (non-hydrogen) atoms. The first kappa shape index (κ1) is 13.5. The Kier molecular flexibility index (Phi) is 5.77. The molecule has 1 unspecified atom stereocenters. The Morgan fingerprint density at radius 3 is 2.50 bits per heavy atom. The molecule has 1 rings (SSSR count). The molecule has 0 bridgehead atoms. The largest absolute Gasteiger partial charge is 0.378 e. The summed E-state index contributed by atoms with van der Waals surface area (Å²) in [5, 5.41) is 3.37. The maximum Gasteiger partial charge on any atom is 0.224 e. The van der Waals surface area contributed by atoms with E-state index >= 15 is 0 Å². The number of amides is 1. The summed E-state index contributed by atoms with van der Waals surface area (Å²) in [5.74, 6) is 0.852. The van der Waals surface area contributed by atoms with Gasteiger partial charge in [-0.15, -0.1) is 0 Å². The van der Waals surface area contributed by atoms with Crippen LogP contribution in [0, 0.1) is 5.92 Å². The number of nitrogens with one attached hydrogen (secondary N) is 1. The minimum absolute atomic E-state index is 0.242. The van der Waals surface area contributed by atoms with Crippen molar-refractivity contribution in [3.8, 4) is 0 Å². The number of rotatable bonds is 5. The summed E-state index contributed by atoms with van der Waals surface area (Å²) in [5.41, 5.74) is 0. The fraction of sp³-hybridized carbons (Fsp3) is 0.917. The van der Waals surface area contributed by atoms with Gasteiger partial charge in [0, 0.05) is 32.1 Å². The molecule has 0 aromatic heterocycles. The van der Waals surface area contributed by atoms with Crippen molar-refractivity contribution in [1.29, 1.82) is 0 Å². The van der Waals surface area contributed by atoms with Crippen molar-refractivity contribution in [3.05, 3.63) is 0 Å². The van der Waals surface area contributed by atoms with E-state index in [4.69, 9.17) is 4.74 Å². The van der Waals surface area contributed by atoms with Gasteiger partial charge in [0.15, 0.2) is 0 Å². The summed E-state index contributed by atoms with van der Waals surface area (Å²) in [6.45, 7) is 10.2. The molecule has 1 aliphatic rings. The fourth-order valence-corrected chi connectivity index (χ4v) is 1.61. The maximum atomic E-state index is 11.8. The van der Waals surface area contributed by atoms with Crippen molar-refractivity contribution in [2.75, 3.05) is 32.8 Å². The average Bonchev–Trinajstić information content (AvgIpc) is 2.29. The predicted molar refractivity (Wildman–Crippen MR) is 64.3 cm³/mol. The lowest BCUT2D eigenvalue weighted by Gasteiger charge is -2.27. The first-order valence-electron chi connectivity index (χ1n) is 6.20. The smallest absolute Gasteiger partial charge is 0.224 e. The maximum absolute atomic E-state index is 11.8. The van der Waals surface area contributed by atoms with Crippen molar-refractivity contribution >= 4 is 5.91 Å². The number of hydrogen-bond donors (Lipinski definition) is 1. The summed E-state index contributed by atoms with van der Waals surface area (Å²) < 4.78 is 5.21. The normalized spacial score (nSPS) is 18.9. The van der Waals surface area contributed by atoms with E-state index in [0.29, 0.717) is 31.6 Å². The third-order valence-electron chi connectivity index (χ3n) is 3.17. The summed E-state index contributed by atoms with van der Waals surface area (Å²) in [7, 11) is 0. The number of hydrogen-bond acceptors (Lipinski definition) is 3. The van der Waals surface area contributed by atoms with Gasteiger partial charge in [0.05, 0.1) is 13.2 Å². The van der Waals surface area contributed by atoms with Gasteiger partial charge in [-0.3, -0.25) is 4.79 Å². The number of ether oxygens (including phenoxy) is 1. The van der Waals surface area contributed by atoms with Crippen molar-refractivity contribution in [1.82, 2.24) is 10.2 Å². The van der Waals surface area contributed by atoms with Crippen LogP contribution in [-0.4, -0.2) is 49.7 Å². The van der Waals surface area contributed by atoms with Gasteiger partial charge in [0.2, 0.25) is 5.91 Å². The van der Waals surface area contributed by atoms with E-state index in [2.05, 4.69) is 26.1 Å². The number of carbonyl (C=O) groups is 1. The second-order valence-electron chi connectivity index (χ2n) is 4.73. The minimum Gasteiger partial charge on any atom is -0.378 e. The second kappa shape index (κ2) is 6.86. The van der Waals surface area contributed by atoms with Crippen LogP contribution in [0.25, 0.3) is 0 Å². The molecular weight excluding hydrogens is 204 g/mol. The van der Waals surface area contributed by atoms with Crippen LogP contribution in [0.4, 0.5) is 0 Å². The topological polar surface area (TPSA) is 41.6 Å². The Morgan fingerprint density at radius 2 is 1.94 bits per heavy atom. The van der Waals surface area contributed by atoms with Crippen LogP contribution in [0.5, 0.6) is 0 Å². The molecule has 94 valence electrons. The van der Waals surface area contributed by atoms with E-state index in [1.807, 2.05) is 4.90 Å². The number of morpholine rings is 1. The molecule has 0 saturated carbocycles. The fourth-order valence-electron chi connectivity index (χ4n) is 1.61. The molecule has 4 heteroatoms. The van der Waals surface area contributed by atoms with E-state index in [1.165, 1.54) is 0 Å². The molecule has 1 N–H and O–H groups in total. The van der Waals surface area contributed by atoms with E-state index in [1.54, 1.807) is 0 Å². The van der Waals surface area contributed by atoms with Crippen molar-refractivity contribution < 1.29 is 9.53 Å². The van der Waals surface area contributed by atoms with Gasteiger partial charge < -0.3 is 15.0 Å². The first-order chi connectivity index (χ1) is 7.61. The zero-order chi connectivity index (χ0) is 12.0. The molecule has 0 spiro atoms. The monoisotopic (exact) mass is 228 g/mol. The molecule has 1 atom stereocenters. The third kappa shape index (κ3) is 4.49. The third-order valence-corrected chi connectivity index (χ3v) is 3.17. The van der Waals surface area contributed by atoms with Crippen LogP contribution in [0.1, 0.15) is 27.2 Å². The van der Waals surface area contributed by atoms with Crippen LogP contribution in [0.15, 0.2) is 0 Å².